The fourth-order valence-corrected chi connectivity index (χ4v) is 8.17. The molecular weight excluding hydrogens is 683 g/mol. The van der Waals surface area contributed by atoms with Crippen LogP contribution in [-0.4, -0.2) is 14.5 Å². The van der Waals surface area contributed by atoms with Gasteiger partial charge in [0.15, 0.2) is 5.82 Å². The Balaban J connectivity index is 1.11. The molecule has 0 aliphatic heterocycles. The molecular formula is C52H33N3O. The van der Waals surface area contributed by atoms with Gasteiger partial charge in [0.05, 0.1) is 16.7 Å². The van der Waals surface area contributed by atoms with E-state index < -0.39 is 0 Å². The summed E-state index contributed by atoms with van der Waals surface area (Å²) in [5.74, 6) is 0.688. The molecule has 0 amide bonds. The summed E-state index contributed by atoms with van der Waals surface area (Å²) in [5.41, 5.74) is 15.4. The second-order valence-electron chi connectivity index (χ2n) is 14.2. The molecule has 0 aliphatic carbocycles. The van der Waals surface area contributed by atoms with E-state index in [1.807, 2.05) is 18.2 Å². The lowest BCUT2D eigenvalue weighted by atomic mass is 9.96. The van der Waals surface area contributed by atoms with Gasteiger partial charge < -0.3 is 8.98 Å². The van der Waals surface area contributed by atoms with Crippen molar-refractivity contribution in [3.05, 3.63) is 200 Å². The first-order valence-electron chi connectivity index (χ1n) is 18.9. The van der Waals surface area contributed by atoms with Crippen LogP contribution in [0.4, 0.5) is 0 Å². The first-order chi connectivity index (χ1) is 27.8. The van der Waals surface area contributed by atoms with Crippen LogP contribution >= 0.6 is 0 Å². The first-order valence-corrected chi connectivity index (χ1v) is 18.9. The molecule has 0 radical (unpaired) electrons. The maximum absolute atomic E-state index is 6.44. The van der Waals surface area contributed by atoms with Gasteiger partial charge in [-0.15, -0.1) is 0 Å². The fourth-order valence-electron chi connectivity index (χ4n) is 8.17. The van der Waals surface area contributed by atoms with Crippen LogP contribution in [0.25, 0.3) is 106 Å². The summed E-state index contributed by atoms with van der Waals surface area (Å²) in [6.07, 6.45) is 0. The van der Waals surface area contributed by atoms with Gasteiger partial charge in [-0.25, -0.2) is 9.97 Å². The van der Waals surface area contributed by atoms with Gasteiger partial charge in [-0.05, 0) is 70.3 Å². The Morgan fingerprint density at radius 2 is 0.946 bits per heavy atom. The zero-order chi connectivity index (χ0) is 37.0. The molecule has 0 fully saturated rings. The van der Waals surface area contributed by atoms with E-state index in [9.17, 15) is 0 Å². The van der Waals surface area contributed by atoms with Crippen LogP contribution in [0.2, 0.25) is 0 Å². The normalized spacial score (nSPS) is 11.6. The van der Waals surface area contributed by atoms with Crippen molar-refractivity contribution in [1.82, 2.24) is 14.5 Å². The van der Waals surface area contributed by atoms with Crippen molar-refractivity contribution >= 4 is 43.9 Å². The molecule has 0 bridgehead atoms. The molecule has 0 spiro atoms. The summed E-state index contributed by atoms with van der Waals surface area (Å²) in [6, 6.07) is 70.2. The Labute approximate surface area is 323 Å². The average molecular weight is 716 g/mol. The standard InChI is InChI=1S/C52H33N3O/c1-3-15-34(16-4-1)35-17-13-22-40(33-35)52-53-48(50-49(54-52)45-26-7-9-29-46(45)55(50)41-23-5-2-6-24-41)39-21-12-19-37(32-39)36-18-11-20-38(31-36)42-27-14-28-44-43-25-8-10-30-47(43)56-51(42)44/h1-33H. The Bertz CT molecular complexity index is 3250. The van der Waals surface area contributed by atoms with E-state index in [4.69, 9.17) is 14.4 Å². The van der Waals surface area contributed by atoms with Crippen LogP contribution in [0.15, 0.2) is 205 Å². The van der Waals surface area contributed by atoms with Crippen LogP contribution in [0.1, 0.15) is 0 Å². The number of aromatic nitrogens is 3. The van der Waals surface area contributed by atoms with Crippen molar-refractivity contribution < 1.29 is 4.42 Å². The second-order valence-corrected chi connectivity index (χ2v) is 14.2. The maximum Gasteiger partial charge on any atom is 0.160 e. The SMILES string of the molecule is c1ccc(-c2cccc(-c3nc(-c4cccc(-c5cccc(-c6cccc7c6oc6ccccc67)c5)c4)c4c(n3)c3ccccc3n4-c3ccccc3)c2)cc1. The molecule has 0 aliphatic rings. The van der Waals surface area contributed by atoms with Crippen molar-refractivity contribution in [2.75, 3.05) is 0 Å². The third-order valence-corrected chi connectivity index (χ3v) is 10.8. The molecule has 0 unspecified atom stereocenters. The van der Waals surface area contributed by atoms with Crippen LogP contribution in [0.3, 0.4) is 0 Å². The molecule has 56 heavy (non-hydrogen) atoms. The Hall–Kier alpha value is -7.56. The molecule has 0 saturated heterocycles. The largest absolute Gasteiger partial charge is 0.455 e. The van der Waals surface area contributed by atoms with Crippen LogP contribution in [0.5, 0.6) is 0 Å². The van der Waals surface area contributed by atoms with Crippen LogP contribution in [0, 0.1) is 0 Å². The zero-order valence-corrected chi connectivity index (χ0v) is 30.3. The van der Waals surface area contributed by atoms with Gasteiger partial charge in [-0.2, -0.15) is 0 Å². The lowest BCUT2D eigenvalue weighted by Gasteiger charge is -2.14. The highest BCUT2D eigenvalue weighted by atomic mass is 16.3. The number of nitrogens with zero attached hydrogens (tertiary/aromatic N) is 3. The molecule has 3 heterocycles. The van der Waals surface area contributed by atoms with E-state index in [1.165, 1.54) is 0 Å². The lowest BCUT2D eigenvalue weighted by Crippen LogP contribution is -2.00. The molecule has 262 valence electrons. The summed E-state index contributed by atoms with van der Waals surface area (Å²) in [7, 11) is 0. The van der Waals surface area contributed by atoms with E-state index in [2.05, 4.69) is 187 Å². The number of hydrogen-bond acceptors (Lipinski definition) is 3. The summed E-state index contributed by atoms with van der Waals surface area (Å²) < 4.78 is 8.75. The van der Waals surface area contributed by atoms with Gasteiger partial charge in [0, 0.05) is 38.5 Å². The van der Waals surface area contributed by atoms with Crippen molar-refractivity contribution in [3.63, 3.8) is 0 Å². The minimum atomic E-state index is 0.688. The van der Waals surface area contributed by atoms with E-state index in [0.717, 1.165) is 99.8 Å². The highest BCUT2D eigenvalue weighted by molar-refractivity contribution is 6.12. The van der Waals surface area contributed by atoms with Crippen molar-refractivity contribution in [2.24, 2.45) is 0 Å². The van der Waals surface area contributed by atoms with Gasteiger partial charge in [0.1, 0.15) is 16.7 Å². The molecule has 4 nitrogen and oxygen atoms in total. The quantitative estimate of drug-likeness (QED) is 0.172. The maximum atomic E-state index is 6.44. The number of benzene rings is 8. The topological polar surface area (TPSA) is 43.9 Å². The molecule has 8 aromatic carbocycles. The first kappa shape index (κ1) is 31.9. The van der Waals surface area contributed by atoms with Gasteiger partial charge in [-0.1, -0.05) is 158 Å². The zero-order valence-electron chi connectivity index (χ0n) is 30.3. The number of para-hydroxylation sites is 4. The summed E-state index contributed by atoms with van der Waals surface area (Å²) in [6.45, 7) is 0. The van der Waals surface area contributed by atoms with E-state index >= 15 is 0 Å². The van der Waals surface area contributed by atoms with Gasteiger partial charge >= 0.3 is 0 Å². The fraction of sp³-hybridized carbons (Fsp3) is 0. The molecule has 3 aromatic heterocycles. The summed E-state index contributed by atoms with van der Waals surface area (Å²) in [5, 5.41) is 3.33. The van der Waals surface area contributed by atoms with E-state index in [0.29, 0.717) is 5.82 Å². The van der Waals surface area contributed by atoms with Gasteiger partial charge in [-0.3, -0.25) is 0 Å². The van der Waals surface area contributed by atoms with E-state index in [1.54, 1.807) is 0 Å². The predicted octanol–water partition coefficient (Wildman–Crippen LogP) is 13.8. The summed E-state index contributed by atoms with van der Waals surface area (Å²) in [4.78, 5) is 10.8. The molecule has 4 heteroatoms. The minimum Gasteiger partial charge on any atom is -0.455 e. The number of rotatable bonds is 6. The number of hydrogen-bond donors (Lipinski definition) is 0. The van der Waals surface area contributed by atoms with Crippen molar-refractivity contribution in [3.8, 4) is 61.7 Å². The monoisotopic (exact) mass is 715 g/mol. The Morgan fingerprint density at radius 3 is 1.75 bits per heavy atom. The predicted molar refractivity (Wildman–Crippen MR) is 231 cm³/mol. The van der Waals surface area contributed by atoms with Crippen molar-refractivity contribution in [1.29, 1.82) is 0 Å². The number of furan rings is 1. The molecule has 0 atom stereocenters. The third kappa shape index (κ3) is 5.31. The molecule has 0 saturated carbocycles. The highest BCUT2D eigenvalue weighted by Crippen LogP contribution is 2.40. The number of fused-ring (bicyclic) bond motifs is 6. The molecule has 0 N–H and O–H groups in total. The van der Waals surface area contributed by atoms with E-state index in [-0.39, 0.29) is 0 Å². The smallest absolute Gasteiger partial charge is 0.160 e. The highest BCUT2D eigenvalue weighted by Gasteiger charge is 2.22. The lowest BCUT2D eigenvalue weighted by molar-refractivity contribution is 0.670. The van der Waals surface area contributed by atoms with Crippen molar-refractivity contribution in [2.45, 2.75) is 0 Å². The second kappa shape index (κ2) is 13.1. The minimum absolute atomic E-state index is 0.688. The Kier molecular flexibility index (Phi) is 7.46. The average Bonchev–Trinajstić information content (AvgIpc) is 3.83. The van der Waals surface area contributed by atoms with Crippen LogP contribution in [-0.2, 0) is 0 Å². The van der Waals surface area contributed by atoms with Crippen LogP contribution < -0.4 is 0 Å². The third-order valence-electron chi connectivity index (χ3n) is 10.8. The molecule has 11 rings (SSSR count). The van der Waals surface area contributed by atoms with Gasteiger partial charge in [0.25, 0.3) is 0 Å². The summed E-state index contributed by atoms with van der Waals surface area (Å²) >= 11 is 0. The Morgan fingerprint density at radius 1 is 0.393 bits per heavy atom. The van der Waals surface area contributed by atoms with Gasteiger partial charge in [0.2, 0.25) is 0 Å². The molecule has 11 aromatic rings.